The van der Waals surface area contributed by atoms with Crippen LogP contribution in [0, 0.1) is 13.8 Å². The maximum atomic E-state index is 11.9. The molecular formula is C13H19N3O4S. The highest BCUT2D eigenvalue weighted by molar-refractivity contribution is 7.16. The molecule has 0 saturated heterocycles. The summed E-state index contributed by atoms with van der Waals surface area (Å²) in [4.78, 5) is 36.9. The van der Waals surface area contributed by atoms with Crippen molar-refractivity contribution in [1.29, 1.82) is 0 Å². The third-order valence-electron chi connectivity index (χ3n) is 2.99. The van der Waals surface area contributed by atoms with Gasteiger partial charge in [-0.3, -0.25) is 10.1 Å². The van der Waals surface area contributed by atoms with Crippen LogP contribution >= 0.6 is 11.3 Å². The van der Waals surface area contributed by atoms with E-state index in [1.165, 1.54) is 16.2 Å². The number of nitrogens with one attached hydrogen (secondary N) is 2. The number of amides is 3. The molecule has 0 aliphatic carbocycles. The number of carbonyl (C=O) groups is 3. The Morgan fingerprint density at radius 2 is 1.81 bits per heavy atom. The van der Waals surface area contributed by atoms with Crippen molar-refractivity contribution in [2.75, 3.05) is 19.4 Å². The molecule has 1 aromatic heterocycles. The minimum absolute atomic E-state index is 0.0826. The predicted octanol–water partition coefficient (Wildman–Crippen LogP) is 1.66. The number of aromatic carboxylic acids is 1. The first-order chi connectivity index (χ1) is 9.65. The quantitative estimate of drug-likeness (QED) is 0.787. The van der Waals surface area contributed by atoms with Gasteiger partial charge in [-0.15, -0.1) is 11.3 Å². The van der Waals surface area contributed by atoms with Crippen molar-refractivity contribution >= 4 is 34.2 Å². The van der Waals surface area contributed by atoms with Crippen LogP contribution in [0.1, 0.15) is 27.7 Å². The molecule has 0 saturated carbocycles. The summed E-state index contributed by atoms with van der Waals surface area (Å²) < 4.78 is 0. The first-order valence-electron chi connectivity index (χ1n) is 6.27. The fourth-order valence-electron chi connectivity index (χ4n) is 1.76. The van der Waals surface area contributed by atoms with E-state index in [2.05, 4.69) is 10.6 Å². The summed E-state index contributed by atoms with van der Waals surface area (Å²) in [5, 5.41) is 14.4. The van der Waals surface area contributed by atoms with Gasteiger partial charge in [0.25, 0.3) is 0 Å². The molecule has 0 fully saturated rings. The average Bonchev–Trinajstić information content (AvgIpc) is 2.63. The Kier molecular flexibility index (Phi) is 5.31. The van der Waals surface area contributed by atoms with Crippen molar-refractivity contribution in [3.63, 3.8) is 0 Å². The van der Waals surface area contributed by atoms with E-state index < -0.39 is 18.0 Å². The highest BCUT2D eigenvalue weighted by atomic mass is 32.1. The molecule has 3 amide bonds. The van der Waals surface area contributed by atoms with Crippen LogP contribution in [-0.2, 0) is 4.79 Å². The fraction of sp³-hybridized carbons (Fsp3) is 0.462. The van der Waals surface area contributed by atoms with E-state index in [-0.39, 0.29) is 16.5 Å². The molecular weight excluding hydrogens is 294 g/mol. The summed E-state index contributed by atoms with van der Waals surface area (Å²) in [6.45, 7) is 5.04. The zero-order valence-corrected chi connectivity index (χ0v) is 13.4. The SMILES string of the molecule is Cc1sc(NC(=O)NC(C)C(=O)N(C)C)c(C(=O)O)c1C. The molecule has 3 N–H and O–H groups in total. The summed E-state index contributed by atoms with van der Waals surface area (Å²) >= 11 is 1.19. The van der Waals surface area contributed by atoms with Gasteiger partial charge < -0.3 is 15.3 Å². The highest BCUT2D eigenvalue weighted by Crippen LogP contribution is 2.32. The third kappa shape index (κ3) is 3.94. The molecule has 21 heavy (non-hydrogen) atoms. The van der Waals surface area contributed by atoms with Gasteiger partial charge in [0, 0.05) is 19.0 Å². The van der Waals surface area contributed by atoms with Crippen molar-refractivity contribution in [3.8, 4) is 0 Å². The van der Waals surface area contributed by atoms with Crippen LogP contribution in [0.5, 0.6) is 0 Å². The largest absolute Gasteiger partial charge is 0.478 e. The fourth-order valence-corrected chi connectivity index (χ4v) is 2.80. The number of hydrogen-bond donors (Lipinski definition) is 3. The lowest BCUT2D eigenvalue weighted by molar-refractivity contribution is -0.130. The zero-order chi connectivity index (χ0) is 16.3. The van der Waals surface area contributed by atoms with Crippen molar-refractivity contribution in [1.82, 2.24) is 10.2 Å². The smallest absolute Gasteiger partial charge is 0.338 e. The van der Waals surface area contributed by atoms with Gasteiger partial charge in [0.1, 0.15) is 11.0 Å². The van der Waals surface area contributed by atoms with Crippen LogP contribution in [0.4, 0.5) is 9.80 Å². The number of hydrogen-bond acceptors (Lipinski definition) is 4. The molecule has 1 aromatic rings. The molecule has 0 aliphatic heterocycles. The van der Waals surface area contributed by atoms with Gasteiger partial charge in [-0.2, -0.15) is 0 Å². The van der Waals surface area contributed by atoms with Crippen LogP contribution in [0.15, 0.2) is 0 Å². The van der Waals surface area contributed by atoms with E-state index in [1.54, 1.807) is 34.9 Å². The third-order valence-corrected chi connectivity index (χ3v) is 4.11. The normalized spacial score (nSPS) is 11.7. The molecule has 1 heterocycles. The summed E-state index contributed by atoms with van der Waals surface area (Å²) in [6, 6.07) is -1.31. The number of likely N-dealkylation sites (N-methyl/N-ethyl adjacent to an activating group) is 1. The molecule has 0 aliphatic rings. The lowest BCUT2D eigenvalue weighted by Crippen LogP contribution is -2.45. The zero-order valence-electron chi connectivity index (χ0n) is 12.6. The summed E-state index contributed by atoms with van der Waals surface area (Å²) in [5.74, 6) is -1.34. The van der Waals surface area contributed by atoms with E-state index in [0.29, 0.717) is 5.56 Å². The van der Waals surface area contributed by atoms with Gasteiger partial charge in [0.15, 0.2) is 0 Å². The molecule has 1 rings (SSSR count). The standard InChI is InChI=1S/C13H19N3O4S/c1-6-8(3)21-10(9(6)12(18)19)15-13(20)14-7(2)11(17)16(4)5/h7H,1-5H3,(H,18,19)(H2,14,15,20). The van der Waals surface area contributed by atoms with Crippen LogP contribution in [-0.4, -0.2) is 48.1 Å². The summed E-state index contributed by atoms with van der Waals surface area (Å²) in [7, 11) is 3.18. The lowest BCUT2D eigenvalue weighted by Gasteiger charge is -2.18. The van der Waals surface area contributed by atoms with Gasteiger partial charge in [-0.25, -0.2) is 9.59 Å². The second-order valence-corrected chi connectivity index (χ2v) is 6.07. The minimum Gasteiger partial charge on any atom is -0.478 e. The van der Waals surface area contributed by atoms with Gasteiger partial charge >= 0.3 is 12.0 Å². The molecule has 116 valence electrons. The minimum atomic E-state index is -1.09. The topological polar surface area (TPSA) is 98.7 Å². The Morgan fingerprint density at radius 1 is 1.24 bits per heavy atom. The van der Waals surface area contributed by atoms with Crippen LogP contribution in [0.2, 0.25) is 0 Å². The number of aryl methyl sites for hydroxylation is 1. The Hall–Kier alpha value is -2.09. The first kappa shape index (κ1) is 17.0. The second kappa shape index (κ2) is 6.57. The Bertz CT molecular complexity index is 580. The lowest BCUT2D eigenvalue weighted by atomic mass is 10.1. The maximum Gasteiger partial charge on any atom is 0.338 e. The second-order valence-electron chi connectivity index (χ2n) is 4.85. The number of carbonyl (C=O) groups excluding carboxylic acids is 2. The summed E-state index contributed by atoms with van der Waals surface area (Å²) in [6.07, 6.45) is 0. The number of thiophene rings is 1. The highest BCUT2D eigenvalue weighted by Gasteiger charge is 2.22. The van der Waals surface area contributed by atoms with Crippen LogP contribution < -0.4 is 10.6 Å². The van der Waals surface area contributed by atoms with Gasteiger partial charge in [-0.1, -0.05) is 0 Å². The Labute approximate surface area is 126 Å². The van der Waals surface area contributed by atoms with Crippen LogP contribution in [0.25, 0.3) is 0 Å². The van der Waals surface area contributed by atoms with Crippen molar-refractivity contribution in [2.24, 2.45) is 0 Å². The van der Waals surface area contributed by atoms with Gasteiger partial charge in [0.2, 0.25) is 5.91 Å². The van der Waals surface area contributed by atoms with E-state index in [4.69, 9.17) is 0 Å². The number of carboxylic acids is 1. The predicted molar refractivity (Wildman–Crippen MR) is 81.1 cm³/mol. The van der Waals surface area contributed by atoms with E-state index in [1.807, 2.05) is 0 Å². The van der Waals surface area contributed by atoms with Gasteiger partial charge in [0.05, 0.1) is 5.56 Å². The van der Waals surface area contributed by atoms with Crippen molar-refractivity contribution in [3.05, 3.63) is 16.0 Å². The first-order valence-corrected chi connectivity index (χ1v) is 7.08. The Balaban J connectivity index is 2.83. The number of carboxylic acid groups (broad SMARTS) is 1. The molecule has 1 unspecified atom stereocenters. The number of rotatable bonds is 4. The molecule has 7 nitrogen and oxygen atoms in total. The molecule has 8 heteroatoms. The number of urea groups is 1. The molecule has 0 aromatic carbocycles. The number of anilines is 1. The average molecular weight is 313 g/mol. The number of nitrogens with zero attached hydrogens (tertiary/aromatic N) is 1. The molecule has 0 spiro atoms. The van der Waals surface area contributed by atoms with Gasteiger partial charge in [-0.05, 0) is 26.3 Å². The molecule has 0 bridgehead atoms. The van der Waals surface area contributed by atoms with E-state index in [9.17, 15) is 19.5 Å². The Morgan fingerprint density at radius 3 is 2.29 bits per heavy atom. The van der Waals surface area contributed by atoms with E-state index >= 15 is 0 Å². The molecule has 0 radical (unpaired) electrons. The maximum absolute atomic E-state index is 11.9. The van der Waals surface area contributed by atoms with Crippen molar-refractivity contribution < 1.29 is 19.5 Å². The molecule has 1 atom stereocenters. The van der Waals surface area contributed by atoms with Crippen molar-refractivity contribution in [2.45, 2.75) is 26.8 Å². The monoisotopic (exact) mass is 313 g/mol. The summed E-state index contributed by atoms with van der Waals surface area (Å²) in [5.41, 5.74) is 0.708. The van der Waals surface area contributed by atoms with E-state index in [0.717, 1.165) is 4.88 Å². The van der Waals surface area contributed by atoms with Crippen LogP contribution in [0.3, 0.4) is 0 Å².